The summed E-state index contributed by atoms with van der Waals surface area (Å²) in [6, 6.07) is 6.10. The van der Waals surface area contributed by atoms with Crippen LogP contribution in [0, 0.1) is 18.4 Å². The first-order chi connectivity index (χ1) is 21.5. The number of pyridine rings is 1. The number of aromatic nitrogens is 3. The Morgan fingerprint density at radius 2 is 1.73 bits per heavy atom. The molecule has 0 saturated carbocycles. The van der Waals surface area contributed by atoms with Gasteiger partial charge < -0.3 is 29.9 Å². The van der Waals surface area contributed by atoms with E-state index in [2.05, 4.69) is 91.2 Å². The third-order valence-electron chi connectivity index (χ3n) is 9.40. The summed E-state index contributed by atoms with van der Waals surface area (Å²) >= 11 is 0. The van der Waals surface area contributed by atoms with Crippen LogP contribution >= 0.6 is 0 Å². The van der Waals surface area contributed by atoms with E-state index in [4.69, 9.17) is 14.8 Å². The Morgan fingerprint density at radius 3 is 2.38 bits per heavy atom. The molecule has 0 aliphatic carbocycles. The fourth-order valence-corrected chi connectivity index (χ4v) is 11.9. The Labute approximate surface area is 269 Å². The predicted octanol–water partition coefficient (Wildman–Crippen LogP) is 6.23. The molecule has 244 valence electrons. The van der Waals surface area contributed by atoms with E-state index in [0.29, 0.717) is 46.0 Å². The zero-order chi connectivity index (χ0) is 32.7. The molecule has 9 nitrogen and oxygen atoms in total. The lowest BCUT2D eigenvalue weighted by atomic mass is 10.1. The molecule has 0 bridgehead atoms. The van der Waals surface area contributed by atoms with E-state index in [1.807, 2.05) is 19.1 Å². The van der Waals surface area contributed by atoms with E-state index >= 15 is 0 Å². The van der Waals surface area contributed by atoms with Gasteiger partial charge in [0, 0.05) is 61.9 Å². The van der Waals surface area contributed by atoms with Gasteiger partial charge in [0.25, 0.3) is 5.56 Å². The lowest BCUT2D eigenvalue weighted by Gasteiger charge is -2.38. The molecule has 0 unspecified atom stereocenters. The largest absolute Gasteiger partial charge is 0.491 e. The van der Waals surface area contributed by atoms with Crippen molar-refractivity contribution in [2.75, 3.05) is 56.7 Å². The summed E-state index contributed by atoms with van der Waals surface area (Å²) in [6.07, 6.45) is 4.34. The molecular formula is C35H52N6O3Si. The number of aliphatic hydroxyl groups is 1. The van der Waals surface area contributed by atoms with Crippen molar-refractivity contribution in [2.24, 2.45) is 0 Å². The zero-order valence-corrected chi connectivity index (χ0v) is 29.5. The number of nitrogens with one attached hydrogen (secondary N) is 2. The molecule has 2 aromatic heterocycles. The van der Waals surface area contributed by atoms with Crippen molar-refractivity contribution in [3.63, 3.8) is 0 Å². The van der Waals surface area contributed by atoms with Gasteiger partial charge in [0.05, 0.1) is 17.7 Å². The number of hydrogen-bond acceptors (Lipinski definition) is 8. The first-order valence-corrected chi connectivity index (χ1v) is 18.7. The van der Waals surface area contributed by atoms with Gasteiger partial charge in [-0.1, -0.05) is 47.5 Å². The van der Waals surface area contributed by atoms with Gasteiger partial charge in [-0.3, -0.25) is 4.79 Å². The quantitative estimate of drug-likeness (QED) is 0.123. The summed E-state index contributed by atoms with van der Waals surface area (Å²) in [5.41, 5.74) is 8.69. The second kappa shape index (κ2) is 15.3. The van der Waals surface area contributed by atoms with Gasteiger partial charge in [-0.05, 0) is 62.0 Å². The zero-order valence-electron chi connectivity index (χ0n) is 28.5. The maximum absolute atomic E-state index is 13.0. The minimum atomic E-state index is -2.00. The van der Waals surface area contributed by atoms with E-state index in [-0.39, 0.29) is 12.2 Å². The van der Waals surface area contributed by atoms with Gasteiger partial charge in [-0.2, -0.15) is 4.98 Å². The normalized spacial score (nSPS) is 14.4. The van der Waals surface area contributed by atoms with Crippen LogP contribution in [0.5, 0.6) is 5.75 Å². The highest BCUT2D eigenvalue weighted by molar-refractivity contribution is 6.90. The van der Waals surface area contributed by atoms with Crippen molar-refractivity contribution in [3.8, 4) is 17.2 Å². The maximum atomic E-state index is 13.0. The Kier molecular flexibility index (Phi) is 11.7. The van der Waals surface area contributed by atoms with E-state index in [1.54, 1.807) is 6.20 Å². The minimum absolute atomic E-state index is 0.184. The van der Waals surface area contributed by atoms with Crippen molar-refractivity contribution in [1.29, 1.82) is 0 Å². The standard InChI is InChI=1S/C35H52N6O3Si/c1-24(2)45(25(3)4,26(5)6)21-14-29-27(7)34(43)38-33-30(29)23-36-35(39-33)37-28-12-13-31(41-17-15-40(8)16-18-41)32(22-28)44-20-11-9-10-19-42/h12-13,22-26,42H,9-11,15-20H2,1-8H3,(H2,36,37,38,39,43). The molecule has 1 aromatic carbocycles. The average molecular weight is 633 g/mol. The molecule has 3 heterocycles. The minimum Gasteiger partial charge on any atom is -0.491 e. The van der Waals surface area contributed by atoms with Crippen molar-refractivity contribution in [1.82, 2.24) is 19.9 Å². The highest BCUT2D eigenvalue weighted by atomic mass is 28.3. The number of ether oxygens (including phenoxy) is 1. The maximum Gasteiger partial charge on any atom is 0.253 e. The van der Waals surface area contributed by atoms with Crippen LogP contribution in [0.1, 0.15) is 71.9 Å². The number of rotatable bonds is 12. The van der Waals surface area contributed by atoms with Crippen molar-refractivity contribution >= 4 is 36.4 Å². The van der Waals surface area contributed by atoms with E-state index < -0.39 is 8.07 Å². The van der Waals surface area contributed by atoms with Crippen LogP contribution < -0.4 is 20.5 Å². The van der Waals surface area contributed by atoms with Gasteiger partial charge in [-0.25, -0.2) is 4.98 Å². The SMILES string of the molecule is Cc1c(C#C[Si](C(C)C)(C(C)C)C(C)C)c2cnc(Nc3ccc(N4CCN(C)CC4)c(OCCCCCO)c3)nc2[nH]c1=O. The molecule has 1 aliphatic heterocycles. The number of likely N-dealkylation sites (N-methyl/N-ethyl adjacent to an activating group) is 1. The smallest absolute Gasteiger partial charge is 0.253 e. The summed E-state index contributed by atoms with van der Waals surface area (Å²) in [5.74, 6) is 4.68. The molecule has 4 rings (SSSR count). The Balaban J connectivity index is 1.66. The van der Waals surface area contributed by atoms with Gasteiger partial charge in [0.2, 0.25) is 5.95 Å². The van der Waals surface area contributed by atoms with Crippen molar-refractivity contribution < 1.29 is 9.84 Å². The molecule has 3 aromatic rings. The molecule has 3 N–H and O–H groups in total. The molecule has 0 atom stereocenters. The third kappa shape index (κ3) is 7.89. The van der Waals surface area contributed by atoms with Crippen LogP contribution in [0.25, 0.3) is 11.0 Å². The van der Waals surface area contributed by atoms with Crippen molar-refractivity contribution in [3.05, 3.63) is 45.9 Å². The molecule has 10 heteroatoms. The fourth-order valence-electron chi connectivity index (χ4n) is 6.72. The molecule has 1 fully saturated rings. The van der Waals surface area contributed by atoms with Crippen LogP contribution in [0.15, 0.2) is 29.2 Å². The van der Waals surface area contributed by atoms with Gasteiger partial charge >= 0.3 is 0 Å². The second-order valence-electron chi connectivity index (χ2n) is 13.3. The fraction of sp³-hybridized carbons (Fsp3) is 0.571. The van der Waals surface area contributed by atoms with Crippen LogP contribution in [-0.2, 0) is 0 Å². The van der Waals surface area contributed by atoms with Crippen LogP contribution in [0.2, 0.25) is 16.6 Å². The highest BCUT2D eigenvalue weighted by Crippen LogP contribution is 2.41. The van der Waals surface area contributed by atoms with Crippen LogP contribution in [0.3, 0.4) is 0 Å². The predicted molar refractivity (Wildman–Crippen MR) is 189 cm³/mol. The van der Waals surface area contributed by atoms with Crippen LogP contribution in [-0.4, -0.2) is 79.5 Å². The number of hydrogen-bond donors (Lipinski definition) is 3. The molecular weight excluding hydrogens is 581 g/mol. The summed E-state index contributed by atoms with van der Waals surface area (Å²) in [7, 11) is 0.149. The summed E-state index contributed by atoms with van der Waals surface area (Å²) in [5, 5.41) is 13.2. The number of H-pyrrole nitrogens is 1. The molecule has 45 heavy (non-hydrogen) atoms. The molecule has 1 aliphatic rings. The summed E-state index contributed by atoms with van der Waals surface area (Å²) in [6.45, 7) is 20.2. The number of nitrogens with zero attached hydrogens (tertiary/aromatic N) is 4. The number of aliphatic hydroxyl groups excluding tert-OH is 1. The molecule has 0 spiro atoms. The Hall–Kier alpha value is -3.39. The van der Waals surface area contributed by atoms with E-state index in [9.17, 15) is 4.79 Å². The highest BCUT2D eigenvalue weighted by Gasteiger charge is 2.41. The van der Waals surface area contributed by atoms with Gasteiger partial charge in [-0.15, -0.1) is 5.54 Å². The van der Waals surface area contributed by atoms with Crippen molar-refractivity contribution in [2.45, 2.75) is 84.4 Å². The van der Waals surface area contributed by atoms with E-state index in [0.717, 1.165) is 68.0 Å². The van der Waals surface area contributed by atoms with E-state index in [1.165, 1.54) is 0 Å². The second-order valence-corrected chi connectivity index (χ2v) is 18.9. The Morgan fingerprint density at radius 1 is 1.04 bits per heavy atom. The summed E-state index contributed by atoms with van der Waals surface area (Å²) in [4.78, 5) is 30.0. The number of benzene rings is 1. The van der Waals surface area contributed by atoms with Crippen LogP contribution in [0.4, 0.5) is 17.3 Å². The lowest BCUT2D eigenvalue weighted by Crippen LogP contribution is -2.44. The number of fused-ring (bicyclic) bond motifs is 1. The summed E-state index contributed by atoms with van der Waals surface area (Å²) < 4.78 is 6.28. The number of unbranched alkanes of at least 4 members (excludes halogenated alkanes) is 2. The van der Waals surface area contributed by atoms with Gasteiger partial charge in [0.15, 0.2) is 0 Å². The topological polar surface area (TPSA) is 107 Å². The monoisotopic (exact) mass is 632 g/mol. The Bertz CT molecular complexity index is 1550. The average Bonchev–Trinajstić information content (AvgIpc) is 2.99. The number of aromatic amines is 1. The first-order valence-electron chi connectivity index (χ1n) is 16.5. The number of piperazine rings is 1. The van der Waals surface area contributed by atoms with Gasteiger partial charge in [0.1, 0.15) is 19.5 Å². The molecule has 0 radical (unpaired) electrons. The molecule has 0 amide bonds. The number of anilines is 3. The molecule has 1 saturated heterocycles. The lowest BCUT2D eigenvalue weighted by molar-refractivity contribution is 0.265. The first kappa shape index (κ1) is 34.5. The third-order valence-corrected chi connectivity index (χ3v) is 15.7.